The van der Waals surface area contributed by atoms with E-state index in [2.05, 4.69) is 4.74 Å². The third kappa shape index (κ3) is 4.41. The first-order valence-electron chi connectivity index (χ1n) is 7.53. The first-order chi connectivity index (χ1) is 11.9. The Hall–Kier alpha value is -3.22. The Morgan fingerprint density at radius 2 is 1.80 bits per heavy atom. The molecule has 1 unspecified atom stereocenters. The molecule has 0 saturated heterocycles. The molecule has 0 aliphatic rings. The minimum Gasteiger partial charge on any atom is -0.438 e. The van der Waals surface area contributed by atoms with Crippen molar-refractivity contribution >= 4 is 17.6 Å². The second kappa shape index (κ2) is 8.05. The zero-order valence-corrected chi connectivity index (χ0v) is 13.8. The van der Waals surface area contributed by atoms with Crippen LogP contribution in [-0.2, 0) is 9.47 Å². The van der Waals surface area contributed by atoms with Crippen molar-refractivity contribution < 1.29 is 24.0 Å². The molecule has 0 saturated carbocycles. The van der Waals surface area contributed by atoms with E-state index in [1.165, 1.54) is 25.3 Å². The summed E-state index contributed by atoms with van der Waals surface area (Å²) in [6.07, 6.45) is -0.869. The number of carbonyl (C=O) groups is 2. The minimum absolute atomic E-state index is 0.101. The highest BCUT2D eigenvalue weighted by molar-refractivity contribution is 6.09. The van der Waals surface area contributed by atoms with E-state index in [9.17, 15) is 19.7 Å². The van der Waals surface area contributed by atoms with Crippen LogP contribution in [0.15, 0.2) is 48.5 Å². The van der Waals surface area contributed by atoms with Crippen molar-refractivity contribution in [3.63, 3.8) is 0 Å². The highest BCUT2D eigenvalue weighted by Gasteiger charge is 2.23. The topological polar surface area (TPSA) is 95.7 Å². The van der Waals surface area contributed by atoms with Crippen molar-refractivity contribution in [2.75, 3.05) is 13.7 Å². The first-order valence-corrected chi connectivity index (χ1v) is 7.53. The van der Waals surface area contributed by atoms with Gasteiger partial charge < -0.3 is 9.47 Å². The molecule has 0 bridgehead atoms. The highest BCUT2D eigenvalue weighted by Crippen LogP contribution is 2.29. The van der Waals surface area contributed by atoms with Crippen molar-refractivity contribution in [1.82, 2.24) is 0 Å². The Balaban J connectivity index is 2.34. The Kier molecular flexibility index (Phi) is 5.84. The van der Waals surface area contributed by atoms with Crippen molar-refractivity contribution in [1.29, 1.82) is 0 Å². The number of nitro benzene ring substituents is 1. The number of ether oxygens (including phenoxy) is 2. The predicted octanol–water partition coefficient (Wildman–Crippen LogP) is 3.71. The number of nitrogens with zero attached hydrogens (tertiary/aromatic N) is 1. The zero-order chi connectivity index (χ0) is 18.4. The predicted molar refractivity (Wildman–Crippen MR) is 89.7 cm³/mol. The molecule has 0 aliphatic carbocycles. The fraction of sp³-hybridized carbons (Fsp3) is 0.222. The van der Waals surface area contributed by atoms with Crippen LogP contribution in [0.25, 0.3) is 0 Å². The average molecular weight is 343 g/mol. The van der Waals surface area contributed by atoms with E-state index in [1.807, 2.05) is 0 Å². The summed E-state index contributed by atoms with van der Waals surface area (Å²) in [4.78, 5) is 34.4. The maximum Gasteiger partial charge on any atom is 0.507 e. The maximum absolute atomic E-state index is 12.5. The van der Waals surface area contributed by atoms with E-state index < -0.39 is 17.0 Å². The number of benzene rings is 2. The standard InChI is InChI=1S/C18H17NO6/c1-12(11-25-18(21)24-2)15-10-14(8-9-16(15)19(22)23)17(20)13-6-4-3-5-7-13/h3-10,12H,11H2,1-2H3. The number of hydrogen-bond donors (Lipinski definition) is 0. The summed E-state index contributed by atoms with van der Waals surface area (Å²) in [6.45, 7) is 1.57. The first kappa shape index (κ1) is 18.1. The van der Waals surface area contributed by atoms with Crippen LogP contribution in [0.1, 0.15) is 34.3 Å². The van der Waals surface area contributed by atoms with Crippen LogP contribution in [0.4, 0.5) is 10.5 Å². The Morgan fingerprint density at radius 1 is 1.12 bits per heavy atom. The lowest BCUT2D eigenvalue weighted by molar-refractivity contribution is -0.385. The number of carbonyl (C=O) groups excluding carboxylic acids is 2. The SMILES string of the molecule is COC(=O)OCC(C)c1cc(C(=O)c2ccccc2)ccc1[N+](=O)[O-]. The van der Waals surface area contributed by atoms with Gasteiger partial charge in [0.2, 0.25) is 0 Å². The van der Waals surface area contributed by atoms with Crippen LogP contribution in [0, 0.1) is 10.1 Å². The molecular weight excluding hydrogens is 326 g/mol. The summed E-state index contributed by atoms with van der Waals surface area (Å²) in [5, 5.41) is 11.3. The Labute approximate surface area is 144 Å². The van der Waals surface area contributed by atoms with Gasteiger partial charge in [-0.1, -0.05) is 37.3 Å². The number of rotatable bonds is 6. The molecule has 2 aromatic carbocycles. The third-order valence-corrected chi connectivity index (χ3v) is 3.67. The number of hydrogen-bond acceptors (Lipinski definition) is 6. The van der Waals surface area contributed by atoms with Gasteiger partial charge in [-0.2, -0.15) is 0 Å². The van der Waals surface area contributed by atoms with Crippen LogP contribution in [0.5, 0.6) is 0 Å². The fourth-order valence-electron chi connectivity index (χ4n) is 2.35. The van der Waals surface area contributed by atoms with E-state index in [0.29, 0.717) is 16.7 Å². The van der Waals surface area contributed by atoms with Crippen molar-refractivity contribution in [3.8, 4) is 0 Å². The van der Waals surface area contributed by atoms with Crippen LogP contribution in [-0.4, -0.2) is 30.6 Å². The molecule has 25 heavy (non-hydrogen) atoms. The van der Waals surface area contributed by atoms with Gasteiger partial charge in [-0.15, -0.1) is 0 Å². The van der Waals surface area contributed by atoms with E-state index in [-0.39, 0.29) is 18.1 Å². The molecule has 0 aliphatic heterocycles. The van der Waals surface area contributed by atoms with Crippen molar-refractivity contribution in [3.05, 3.63) is 75.3 Å². The maximum atomic E-state index is 12.5. The van der Waals surface area contributed by atoms with Crippen LogP contribution in [0.2, 0.25) is 0 Å². The summed E-state index contributed by atoms with van der Waals surface area (Å²) < 4.78 is 9.24. The smallest absolute Gasteiger partial charge is 0.438 e. The normalized spacial score (nSPS) is 11.4. The lowest BCUT2D eigenvalue weighted by atomic mass is 9.94. The van der Waals surface area contributed by atoms with Gasteiger partial charge in [-0.05, 0) is 12.1 Å². The van der Waals surface area contributed by atoms with Crippen LogP contribution < -0.4 is 0 Å². The Morgan fingerprint density at radius 3 is 2.40 bits per heavy atom. The zero-order valence-electron chi connectivity index (χ0n) is 13.8. The van der Waals surface area contributed by atoms with Gasteiger partial charge in [0.25, 0.3) is 5.69 Å². The van der Waals surface area contributed by atoms with E-state index in [0.717, 1.165) is 0 Å². The van der Waals surface area contributed by atoms with Crippen LogP contribution in [0.3, 0.4) is 0 Å². The molecule has 0 N–H and O–H groups in total. The Bertz CT molecular complexity index is 787. The molecule has 0 spiro atoms. The summed E-state index contributed by atoms with van der Waals surface area (Å²) in [5.74, 6) is -0.721. The molecule has 2 aromatic rings. The second-order valence-corrected chi connectivity index (χ2v) is 5.39. The average Bonchev–Trinajstić information content (AvgIpc) is 2.65. The van der Waals surface area contributed by atoms with E-state index in [4.69, 9.17) is 4.74 Å². The van der Waals surface area contributed by atoms with Crippen molar-refractivity contribution in [2.45, 2.75) is 12.8 Å². The van der Waals surface area contributed by atoms with Crippen LogP contribution >= 0.6 is 0 Å². The molecular formula is C18H17NO6. The third-order valence-electron chi connectivity index (χ3n) is 3.67. The monoisotopic (exact) mass is 343 g/mol. The van der Waals surface area contributed by atoms with Gasteiger partial charge in [0.15, 0.2) is 5.78 Å². The minimum atomic E-state index is -0.869. The van der Waals surface area contributed by atoms with E-state index in [1.54, 1.807) is 37.3 Å². The summed E-state index contributed by atoms with van der Waals surface area (Å²) in [5.41, 5.74) is 0.999. The molecule has 7 nitrogen and oxygen atoms in total. The number of nitro groups is 1. The molecule has 0 fully saturated rings. The highest BCUT2D eigenvalue weighted by atomic mass is 16.7. The van der Waals surface area contributed by atoms with Gasteiger partial charge >= 0.3 is 6.16 Å². The molecule has 1 atom stereocenters. The summed E-state index contributed by atoms with van der Waals surface area (Å²) in [6, 6.07) is 12.8. The molecule has 130 valence electrons. The largest absolute Gasteiger partial charge is 0.507 e. The number of ketones is 1. The molecule has 0 aromatic heterocycles. The molecule has 0 radical (unpaired) electrons. The summed E-state index contributed by atoms with van der Waals surface area (Å²) in [7, 11) is 1.18. The van der Waals surface area contributed by atoms with Gasteiger partial charge in [-0.3, -0.25) is 14.9 Å². The lowest BCUT2D eigenvalue weighted by Gasteiger charge is -2.13. The van der Waals surface area contributed by atoms with Gasteiger partial charge in [0.05, 0.1) is 12.0 Å². The molecule has 2 rings (SSSR count). The molecule has 7 heteroatoms. The van der Waals surface area contributed by atoms with Gasteiger partial charge in [0.1, 0.15) is 6.61 Å². The van der Waals surface area contributed by atoms with Crippen molar-refractivity contribution in [2.24, 2.45) is 0 Å². The van der Waals surface area contributed by atoms with Gasteiger partial charge in [0, 0.05) is 28.7 Å². The summed E-state index contributed by atoms with van der Waals surface area (Å²) >= 11 is 0. The molecule has 0 amide bonds. The second-order valence-electron chi connectivity index (χ2n) is 5.39. The van der Waals surface area contributed by atoms with Gasteiger partial charge in [-0.25, -0.2) is 4.79 Å². The number of methoxy groups -OCH3 is 1. The van der Waals surface area contributed by atoms with E-state index >= 15 is 0 Å². The quantitative estimate of drug-likeness (QED) is 0.343. The fourth-order valence-corrected chi connectivity index (χ4v) is 2.35. The molecule has 0 heterocycles. The lowest BCUT2D eigenvalue weighted by Crippen LogP contribution is -2.13.